The molecule has 0 aromatic rings. The van der Waals surface area contributed by atoms with Crippen LogP contribution in [0.15, 0.2) is 23.8 Å². The van der Waals surface area contributed by atoms with Gasteiger partial charge in [0.25, 0.3) is 15.6 Å². The van der Waals surface area contributed by atoms with Crippen LogP contribution in [0.4, 0.5) is 4.39 Å². The van der Waals surface area contributed by atoms with Gasteiger partial charge in [-0.25, -0.2) is 4.39 Å². The van der Waals surface area contributed by atoms with E-state index in [0.29, 0.717) is 24.8 Å². The van der Waals surface area contributed by atoms with Crippen molar-refractivity contribution in [2.75, 3.05) is 6.61 Å². The minimum Gasteiger partial charge on any atom is -0.756 e. The van der Waals surface area contributed by atoms with Crippen molar-refractivity contribution in [3.63, 3.8) is 0 Å². The summed E-state index contributed by atoms with van der Waals surface area (Å²) in [5, 5.41) is 32.0. The Morgan fingerprint density at radius 3 is 2.02 bits per heavy atom. The van der Waals surface area contributed by atoms with Crippen molar-refractivity contribution in [2.24, 2.45) is 28.6 Å². The molecule has 18 heteroatoms. The molecule has 0 aromatic heterocycles. The number of fused-ring (bicyclic) bond motifs is 5. The molecule has 3 fully saturated rings. The summed E-state index contributed by atoms with van der Waals surface area (Å²) in [6, 6.07) is 0. The minimum absolute atomic E-state index is 0. The predicted molar refractivity (Wildman–Crippen MR) is 124 cm³/mol. The second-order valence-electron chi connectivity index (χ2n) is 10.7. The Morgan fingerprint density at radius 2 is 1.57 bits per heavy atom. The second kappa shape index (κ2) is 13.9. The maximum absolute atomic E-state index is 16.9. The molecular formula is C22H33FNa2O13P2. The molecule has 218 valence electrons. The van der Waals surface area contributed by atoms with E-state index in [0.717, 1.165) is 0 Å². The summed E-state index contributed by atoms with van der Waals surface area (Å²) in [5.41, 5.74) is -5.17. The first-order valence-corrected chi connectivity index (χ1v) is 14.7. The fourth-order valence-corrected chi connectivity index (χ4v) is 7.26. The van der Waals surface area contributed by atoms with Crippen molar-refractivity contribution >= 4 is 27.2 Å². The van der Waals surface area contributed by atoms with Gasteiger partial charge in [0.15, 0.2) is 17.2 Å². The maximum Gasteiger partial charge on any atom is 1.00 e. The largest absolute Gasteiger partial charge is 1.00 e. The van der Waals surface area contributed by atoms with E-state index in [1.54, 1.807) is 26.8 Å². The number of hydrogen-bond donors (Lipinski definition) is 7. The molecule has 0 radical (unpaired) electrons. The number of rotatable bonds is 2. The molecule has 0 aromatic carbocycles. The van der Waals surface area contributed by atoms with E-state index in [1.807, 2.05) is 0 Å². The van der Waals surface area contributed by atoms with Crippen molar-refractivity contribution in [1.29, 1.82) is 0 Å². The topological polar surface area (TPSA) is 256 Å². The number of aliphatic hydroxyl groups is 3. The van der Waals surface area contributed by atoms with E-state index >= 15 is 4.39 Å². The van der Waals surface area contributed by atoms with Gasteiger partial charge in [-0.05, 0) is 56.6 Å². The van der Waals surface area contributed by atoms with Crippen LogP contribution in [0.25, 0.3) is 0 Å². The van der Waals surface area contributed by atoms with Crippen molar-refractivity contribution in [3.8, 4) is 0 Å². The Morgan fingerprint density at radius 1 is 1.10 bits per heavy atom. The molecule has 0 unspecified atom stereocenters. The van der Waals surface area contributed by atoms with Crippen molar-refractivity contribution in [3.05, 3.63) is 23.8 Å². The smallest absolute Gasteiger partial charge is 0.756 e. The van der Waals surface area contributed by atoms with E-state index in [1.165, 1.54) is 12.2 Å². The van der Waals surface area contributed by atoms with Crippen LogP contribution in [0.1, 0.15) is 46.5 Å². The fourth-order valence-electron chi connectivity index (χ4n) is 7.26. The first-order valence-electron chi connectivity index (χ1n) is 11.7. The van der Waals surface area contributed by atoms with Gasteiger partial charge >= 0.3 is 59.1 Å². The van der Waals surface area contributed by atoms with Crippen molar-refractivity contribution < 1.29 is 127 Å². The van der Waals surface area contributed by atoms with E-state index in [2.05, 4.69) is 0 Å². The SMILES string of the molecule is C[C@@H]1C[C@H]2[C@@H]3CCC4=CC(=O)C=C[C@]4(C)[C@@]3(F)[C@@H](O)C[C@]2(C)[C@@]1(O)C(=O)CO.O=P([O-])(O)O.O=P([O-])(O)O.[Na+].[Na+]. The zero-order valence-electron chi connectivity index (χ0n) is 22.9. The molecular weight excluding hydrogens is 599 g/mol. The molecule has 4 aliphatic carbocycles. The predicted octanol–water partition coefficient (Wildman–Crippen LogP) is -7.22. The number of halogens is 1. The summed E-state index contributed by atoms with van der Waals surface area (Å²) in [6.07, 6.45) is 4.44. The van der Waals surface area contributed by atoms with Crippen LogP contribution in [0.2, 0.25) is 0 Å². The number of allylic oxidation sites excluding steroid dienone is 4. The first-order chi connectivity index (χ1) is 17.0. The average Bonchev–Trinajstić information content (AvgIpc) is 2.94. The standard InChI is InChI=1S/C22H29FO5.2Na.2H3O4P/c1-12-8-16-15-5-4-13-9-14(25)6-7-19(13,2)21(15,23)17(26)10-20(16,3)22(12,28)18(27)11-24;;;2*1-5(2,3)4/h6-7,9,12,15-17,24,26,28H,4-5,8,10-11H2,1-3H3;;;2*(H3,1,2,3,4)/q;2*+1;;/p-2/t12-,15+,16+,17+,19+,20+,21+,22+;;;;/m1..../s1. The quantitative estimate of drug-likeness (QED) is 0.110. The van der Waals surface area contributed by atoms with Gasteiger partial charge in [-0.2, -0.15) is 0 Å². The Bertz CT molecular complexity index is 1090. The second-order valence-corrected chi connectivity index (χ2v) is 12.7. The van der Waals surface area contributed by atoms with Gasteiger partial charge in [0.05, 0.1) is 6.10 Å². The molecule has 0 bridgehead atoms. The van der Waals surface area contributed by atoms with Crippen LogP contribution in [0.3, 0.4) is 0 Å². The van der Waals surface area contributed by atoms with Crippen LogP contribution < -0.4 is 68.9 Å². The molecule has 0 amide bonds. The van der Waals surface area contributed by atoms with Gasteiger partial charge in [-0.1, -0.05) is 25.5 Å². The summed E-state index contributed by atoms with van der Waals surface area (Å²) in [7, 11) is -9.78. The number of hydrogen-bond acceptors (Lipinski definition) is 9. The number of phosphoric acid groups is 2. The number of Topliss-reactive ketones (excluding diaryl/α,β-unsaturated/α-hetero) is 1. The Hall–Kier alpha value is 0.850. The van der Waals surface area contributed by atoms with Crippen molar-refractivity contribution in [1.82, 2.24) is 0 Å². The molecule has 0 aliphatic heterocycles. The van der Waals surface area contributed by atoms with Crippen LogP contribution in [-0.2, 0) is 18.7 Å². The Kier molecular flexibility index (Phi) is 14.2. The normalized spacial score (nSPS) is 39.7. The first kappa shape index (κ1) is 40.9. The third-order valence-electron chi connectivity index (χ3n) is 8.79. The molecule has 40 heavy (non-hydrogen) atoms. The summed E-state index contributed by atoms with van der Waals surface area (Å²) >= 11 is 0. The number of carbonyl (C=O) groups excluding carboxylic acids is 2. The number of alkyl halides is 1. The summed E-state index contributed by atoms with van der Waals surface area (Å²) in [4.78, 5) is 70.2. The summed E-state index contributed by atoms with van der Waals surface area (Å²) < 4.78 is 34.4. The van der Waals surface area contributed by atoms with Crippen LogP contribution >= 0.6 is 15.6 Å². The molecule has 3 saturated carbocycles. The third-order valence-corrected chi connectivity index (χ3v) is 8.79. The molecule has 13 nitrogen and oxygen atoms in total. The van der Waals surface area contributed by atoms with Crippen molar-refractivity contribution in [2.45, 2.75) is 63.8 Å². The maximum atomic E-state index is 16.9. The zero-order chi connectivity index (χ0) is 29.7. The minimum atomic E-state index is -4.89. The molecule has 0 heterocycles. The van der Waals surface area contributed by atoms with Crippen LogP contribution in [0.5, 0.6) is 0 Å². The van der Waals surface area contributed by atoms with Crippen LogP contribution in [-0.4, -0.2) is 70.4 Å². The van der Waals surface area contributed by atoms with E-state index in [-0.39, 0.29) is 77.2 Å². The van der Waals surface area contributed by atoms with E-state index in [4.69, 9.17) is 38.5 Å². The van der Waals surface area contributed by atoms with Gasteiger partial charge in [0, 0.05) is 16.7 Å². The number of ketones is 2. The zero-order valence-corrected chi connectivity index (χ0v) is 28.7. The van der Waals surface area contributed by atoms with Gasteiger partial charge in [0.2, 0.25) is 0 Å². The van der Waals surface area contributed by atoms with E-state index in [9.17, 15) is 24.9 Å². The molecule has 7 N–H and O–H groups in total. The van der Waals surface area contributed by atoms with Gasteiger partial charge in [-0.3, -0.25) is 18.7 Å². The molecule has 4 aliphatic rings. The molecule has 8 atom stereocenters. The van der Waals surface area contributed by atoms with E-state index < -0.39 is 68.1 Å². The monoisotopic (exact) mass is 632 g/mol. The molecule has 0 saturated heterocycles. The Balaban J connectivity index is 0.00000110. The number of aliphatic hydroxyl groups excluding tert-OH is 2. The Labute approximate surface area is 275 Å². The van der Waals surface area contributed by atoms with Gasteiger partial charge in [-0.15, -0.1) is 0 Å². The molecule has 4 rings (SSSR count). The third kappa shape index (κ3) is 7.73. The van der Waals surface area contributed by atoms with Crippen LogP contribution in [0, 0.1) is 28.6 Å². The fraction of sp³-hybridized carbons (Fsp3) is 0.727. The average molecular weight is 632 g/mol. The van der Waals surface area contributed by atoms with Gasteiger partial charge in [0.1, 0.15) is 12.2 Å². The summed E-state index contributed by atoms with van der Waals surface area (Å²) in [6.45, 7) is 4.48. The number of carbonyl (C=O) groups is 2. The summed E-state index contributed by atoms with van der Waals surface area (Å²) in [5.74, 6) is -2.12. The molecule has 0 spiro atoms. The van der Waals surface area contributed by atoms with Gasteiger partial charge < -0.3 is 44.7 Å².